The average molecular weight is 437 g/mol. The van der Waals surface area contributed by atoms with Crippen LogP contribution in [0, 0.1) is 0 Å². The molecule has 7 nitrogen and oxygen atoms in total. The zero-order chi connectivity index (χ0) is 23.3. The van der Waals surface area contributed by atoms with E-state index in [1.807, 2.05) is 6.92 Å². The lowest BCUT2D eigenvalue weighted by molar-refractivity contribution is -0.138. The van der Waals surface area contributed by atoms with E-state index in [0.29, 0.717) is 40.8 Å². The third kappa shape index (κ3) is 4.46. The summed E-state index contributed by atoms with van der Waals surface area (Å²) in [4.78, 5) is 27.8. The zero-order valence-electron chi connectivity index (χ0n) is 18.9. The molecule has 0 aromatic heterocycles. The van der Waals surface area contributed by atoms with Crippen LogP contribution < -0.4 is 19.1 Å². The lowest BCUT2D eigenvalue weighted by Gasteiger charge is -2.18. The number of anilines is 1. The van der Waals surface area contributed by atoms with Crippen molar-refractivity contribution in [2.75, 3.05) is 32.3 Å². The number of amides is 1. The largest absolute Gasteiger partial charge is 0.497 e. The molecular formula is C25H27NO6. The van der Waals surface area contributed by atoms with Crippen LogP contribution in [0.15, 0.2) is 59.3 Å². The topological polar surface area (TPSA) is 74.3 Å². The van der Waals surface area contributed by atoms with Crippen LogP contribution in [0.1, 0.15) is 26.3 Å². The Morgan fingerprint density at radius 3 is 2.25 bits per heavy atom. The standard InChI is InChI=1S/C25H27NO6/c1-6-31-19-10-8-18(9-11-19)26-16(3)23(25(28)32-7-2)21(24(26)27)15-17-14-20(29-4)12-13-22(17)30-5/h8-15H,6-7H2,1-5H3. The molecule has 0 unspecified atom stereocenters. The highest BCUT2D eigenvalue weighted by Crippen LogP contribution is 2.37. The van der Waals surface area contributed by atoms with E-state index in [1.54, 1.807) is 76.6 Å². The molecule has 0 aliphatic carbocycles. The Bertz CT molecular complexity index is 1070. The van der Waals surface area contributed by atoms with E-state index in [0.717, 1.165) is 0 Å². The molecule has 2 aromatic carbocycles. The number of methoxy groups -OCH3 is 2. The first-order chi connectivity index (χ1) is 15.4. The molecule has 0 fully saturated rings. The number of hydrogen-bond acceptors (Lipinski definition) is 6. The molecule has 1 aliphatic rings. The van der Waals surface area contributed by atoms with E-state index >= 15 is 0 Å². The van der Waals surface area contributed by atoms with Crippen molar-refractivity contribution in [1.29, 1.82) is 0 Å². The fraction of sp³-hybridized carbons (Fsp3) is 0.280. The first-order valence-electron chi connectivity index (χ1n) is 10.3. The molecule has 168 valence electrons. The van der Waals surface area contributed by atoms with Crippen molar-refractivity contribution in [2.24, 2.45) is 0 Å². The number of rotatable bonds is 8. The number of esters is 1. The highest BCUT2D eigenvalue weighted by atomic mass is 16.5. The van der Waals surface area contributed by atoms with Crippen molar-refractivity contribution < 1.29 is 28.5 Å². The van der Waals surface area contributed by atoms with E-state index in [-0.39, 0.29) is 23.7 Å². The minimum Gasteiger partial charge on any atom is -0.497 e. The fourth-order valence-electron chi connectivity index (χ4n) is 3.56. The van der Waals surface area contributed by atoms with Crippen LogP contribution in [-0.4, -0.2) is 39.3 Å². The summed E-state index contributed by atoms with van der Waals surface area (Å²) in [5, 5.41) is 0. The van der Waals surface area contributed by atoms with Gasteiger partial charge in [-0.15, -0.1) is 0 Å². The molecule has 1 amide bonds. The number of ether oxygens (including phenoxy) is 4. The van der Waals surface area contributed by atoms with E-state index in [1.165, 1.54) is 4.90 Å². The first-order valence-corrected chi connectivity index (χ1v) is 10.3. The summed E-state index contributed by atoms with van der Waals surface area (Å²) in [6, 6.07) is 12.4. The van der Waals surface area contributed by atoms with Gasteiger partial charge in [0.15, 0.2) is 0 Å². The van der Waals surface area contributed by atoms with Gasteiger partial charge >= 0.3 is 5.97 Å². The maximum absolute atomic E-state index is 13.5. The van der Waals surface area contributed by atoms with Gasteiger partial charge in [-0.3, -0.25) is 9.69 Å². The van der Waals surface area contributed by atoms with Crippen molar-refractivity contribution >= 4 is 23.6 Å². The second-order valence-electron chi connectivity index (χ2n) is 6.91. The lowest BCUT2D eigenvalue weighted by Crippen LogP contribution is -2.24. The van der Waals surface area contributed by atoms with Gasteiger partial charge in [0.05, 0.1) is 38.6 Å². The van der Waals surface area contributed by atoms with Crippen LogP contribution in [0.5, 0.6) is 17.2 Å². The Morgan fingerprint density at radius 2 is 1.66 bits per heavy atom. The number of hydrogen-bond donors (Lipinski definition) is 0. The smallest absolute Gasteiger partial charge is 0.340 e. The molecule has 3 rings (SSSR count). The van der Waals surface area contributed by atoms with Crippen LogP contribution in [0.4, 0.5) is 5.69 Å². The van der Waals surface area contributed by atoms with Crippen LogP contribution in [-0.2, 0) is 14.3 Å². The zero-order valence-corrected chi connectivity index (χ0v) is 18.9. The Hall–Kier alpha value is -3.74. The van der Waals surface area contributed by atoms with Gasteiger partial charge in [0.2, 0.25) is 0 Å². The molecule has 32 heavy (non-hydrogen) atoms. The van der Waals surface area contributed by atoms with E-state index in [2.05, 4.69) is 0 Å². The minimum atomic E-state index is -0.556. The van der Waals surface area contributed by atoms with Crippen molar-refractivity contribution in [2.45, 2.75) is 20.8 Å². The SMILES string of the molecule is CCOC(=O)C1=C(C)N(c2ccc(OCC)cc2)C(=O)C1=Cc1cc(OC)ccc1OC. The summed E-state index contributed by atoms with van der Waals surface area (Å²) in [5.74, 6) is 0.961. The number of nitrogens with zero attached hydrogens (tertiary/aromatic N) is 1. The Kier molecular flexibility index (Phi) is 7.20. The number of benzene rings is 2. The third-order valence-corrected chi connectivity index (χ3v) is 5.02. The summed E-state index contributed by atoms with van der Waals surface area (Å²) < 4.78 is 21.5. The van der Waals surface area contributed by atoms with Crippen molar-refractivity contribution in [3.05, 3.63) is 64.9 Å². The highest BCUT2D eigenvalue weighted by molar-refractivity contribution is 6.24. The maximum Gasteiger partial charge on any atom is 0.340 e. The fourth-order valence-corrected chi connectivity index (χ4v) is 3.56. The van der Waals surface area contributed by atoms with Crippen LogP contribution in [0.25, 0.3) is 6.08 Å². The number of carbonyl (C=O) groups is 2. The van der Waals surface area contributed by atoms with Gasteiger partial charge in [0.1, 0.15) is 17.2 Å². The van der Waals surface area contributed by atoms with E-state index < -0.39 is 5.97 Å². The van der Waals surface area contributed by atoms with Crippen molar-refractivity contribution in [1.82, 2.24) is 0 Å². The molecule has 7 heteroatoms. The quantitative estimate of drug-likeness (QED) is 0.451. The van der Waals surface area contributed by atoms with Crippen LogP contribution in [0.2, 0.25) is 0 Å². The minimum absolute atomic E-state index is 0.197. The van der Waals surface area contributed by atoms with E-state index in [4.69, 9.17) is 18.9 Å². The number of allylic oxidation sites excluding steroid dienone is 1. The summed E-state index contributed by atoms with van der Waals surface area (Å²) in [5.41, 5.74) is 2.17. The van der Waals surface area contributed by atoms with Crippen molar-refractivity contribution in [3.63, 3.8) is 0 Å². The molecular weight excluding hydrogens is 410 g/mol. The summed E-state index contributed by atoms with van der Waals surface area (Å²) in [7, 11) is 3.10. The monoisotopic (exact) mass is 437 g/mol. The maximum atomic E-state index is 13.5. The van der Waals surface area contributed by atoms with Gasteiger partial charge in [-0.2, -0.15) is 0 Å². The van der Waals surface area contributed by atoms with Crippen molar-refractivity contribution in [3.8, 4) is 17.2 Å². The van der Waals surface area contributed by atoms with Gasteiger partial charge < -0.3 is 18.9 Å². The van der Waals surface area contributed by atoms with Gasteiger partial charge in [-0.05, 0) is 69.3 Å². The second kappa shape index (κ2) is 10.0. The highest BCUT2D eigenvalue weighted by Gasteiger charge is 2.38. The molecule has 1 aliphatic heterocycles. The predicted octanol–water partition coefficient (Wildman–Crippen LogP) is 4.37. The second-order valence-corrected chi connectivity index (χ2v) is 6.91. The van der Waals surface area contributed by atoms with E-state index in [9.17, 15) is 9.59 Å². The average Bonchev–Trinajstić information content (AvgIpc) is 3.04. The predicted molar refractivity (Wildman–Crippen MR) is 122 cm³/mol. The molecule has 1 heterocycles. The Balaban J connectivity index is 2.12. The van der Waals surface area contributed by atoms with Gasteiger partial charge in [0.25, 0.3) is 5.91 Å². The van der Waals surface area contributed by atoms with Crippen LogP contribution in [0.3, 0.4) is 0 Å². The molecule has 0 radical (unpaired) electrons. The molecule has 0 atom stereocenters. The van der Waals surface area contributed by atoms with Gasteiger partial charge in [-0.25, -0.2) is 4.79 Å². The van der Waals surface area contributed by atoms with Crippen LogP contribution >= 0.6 is 0 Å². The molecule has 0 spiro atoms. The Labute approximate surface area is 187 Å². The molecule has 0 bridgehead atoms. The summed E-state index contributed by atoms with van der Waals surface area (Å²) in [6.45, 7) is 6.10. The number of carbonyl (C=O) groups excluding carboxylic acids is 2. The molecule has 2 aromatic rings. The first kappa shape index (κ1) is 22.9. The van der Waals surface area contributed by atoms with Gasteiger partial charge in [0, 0.05) is 16.9 Å². The molecule has 0 N–H and O–H groups in total. The third-order valence-electron chi connectivity index (χ3n) is 5.02. The van der Waals surface area contributed by atoms with Gasteiger partial charge in [-0.1, -0.05) is 0 Å². The molecule has 0 saturated heterocycles. The lowest BCUT2D eigenvalue weighted by atomic mass is 10.0. The summed E-state index contributed by atoms with van der Waals surface area (Å²) in [6.07, 6.45) is 1.63. The normalized spacial score (nSPS) is 14.7. The molecule has 0 saturated carbocycles. The summed E-state index contributed by atoms with van der Waals surface area (Å²) >= 11 is 0. The Morgan fingerprint density at radius 1 is 0.969 bits per heavy atom.